The second-order valence-electron chi connectivity index (χ2n) is 17.4. The molecule has 2 atom stereocenters. The number of amides is 6. The summed E-state index contributed by atoms with van der Waals surface area (Å²) in [6, 6.07) is 10.5. The molecule has 0 saturated carbocycles. The van der Waals surface area contributed by atoms with E-state index in [0.717, 1.165) is 55.6 Å². The van der Waals surface area contributed by atoms with Gasteiger partial charge in [0.15, 0.2) is 0 Å². The van der Waals surface area contributed by atoms with E-state index >= 15 is 0 Å². The monoisotopic (exact) mass is 1040 g/mol. The molecule has 16 nitrogen and oxygen atoms in total. The van der Waals surface area contributed by atoms with Crippen LogP contribution in [0.25, 0.3) is 0 Å². The number of rotatable bonds is 9. The average Bonchev–Trinajstić information content (AvgIpc) is 3.43. The standard InChI is InChI=1S/C14H17NO2.C10H17NO2.C8H13NO2.C8H13NOS.C7H11NO2.C7H11NOS/c1-2-14(16)15-8-9-17-11-13(15)10-12-6-4-3-5-7-12;1-4-10(12)11-5-6-13-7-9(11)8(2)3;2*1-7(2)8(10)9-3-5-11-6-4-9;2*1-2-7(9)8-3-5-10-6-4-8/h2-7,13H,1,8-11H2;4,8-9H,1,5-7H2,2-3H3;2*1,3-6H2,2H3;2*2H,1,3-6H2. The lowest BCUT2D eigenvalue weighted by Crippen LogP contribution is -2.50. The predicted molar refractivity (Wildman–Crippen MR) is 291 cm³/mol. The molecule has 72 heavy (non-hydrogen) atoms. The van der Waals surface area contributed by atoms with Crippen LogP contribution in [0, 0.1) is 5.92 Å². The van der Waals surface area contributed by atoms with Crippen molar-refractivity contribution in [2.75, 3.05) is 141 Å². The quantitative estimate of drug-likeness (QED) is 0.304. The summed E-state index contributed by atoms with van der Waals surface area (Å²) >= 11 is 3.80. The Kier molecular flexibility index (Phi) is 32.3. The van der Waals surface area contributed by atoms with Crippen LogP contribution in [0.1, 0.15) is 33.3 Å². The molecule has 0 aliphatic carbocycles. The molecule has 0 bridgehead atoms. The first-order chi connectivity index (χ1) is 34.6. The Morgan fingerprint density at radius 3 is 1.35 bits per heavy atom. The fourth-order valence-corrected chi connectivity index (χ4v) is 9.39. The van der Waals surface area contributed by atoms with Gasteiger partial charge in [-0.3, -0.25) is 28.8 Å². The van der Waals surface area contributed by atoms with Gasteiger partial charge in [0.25, 0.3) is 0 Å². The van der Waals surface area contributed by atoms with Crippen LogP contribution in [0.3, 0.4) is 0 Å². The molecule has 6 aliphatic heterocycles. The van der Waals surface area contributed by atoms with E-state index in [2.05, 4.69) is 65.5 Å². The van der Waals surface area contributed by atoms with E-state index in [1.807, 2.05) is 61.3 Å². The second-order valence-corrected chi connectivity index (χ2v) is 19.9. The summed E-state index contributed by atoms with van der Waals surface area (Å²) in [5, 5.41) is 0. The highest BCUT2D eigenvalue weighted by Gasteiger charge is 2.28. The van der Waals surface area contributed by atoms with Gasteiger partial charge >= 0.3 is 0 Å². The molecule has 6 amide bonds. The molecule has 2 unspecified atom stereocenters. The minimum Gasteiger partial charge on any atom is -0.378 e. The van der Waals surface area contributed by atoms with E-state index < -0.39 is 0 Å². The third-order valence-corrected chi connectivity index (χ3v) is 13.6. The van der Waals surface area contributed by atoms with Crippen LogP contribution in [-0.2, 0) is 54.1 Å². The van der Waals surface area contributed by atoms with Crippen molar-refractivity contribution < 1.29 is 47.7 Å². The summed E-state index contributed by atoms with van der Waals surface area (Å²) in [7, 11) is 0. The second kappa shape index (κ2) is 36.9. The van der Waals surface area contributed by atoms with Crippen molar-refractivity contribution in [2.45, 2.75) is 46.2 Å². The molecule has 1 aromatic rings. The maximum Gasteiger partial charge on any atom is 0.249 e. The van der Waals surface area contributed by atoms with Gasteiger partial charge in [-0.25, -0.2) is 0 Å². The number of hydrogen-bond acceptors (Lipinski definition) is 12. The molecule has 1 aromatic carbocycles. The lowest BCUT2D eigenvalue weighted by atomic mass is 10.0. The SMILES string of the molecule is C=C(C)C(=O)N1CCOCC1.C=C(C)C(=O)N1CCSCC1.C=CC(=O)N1CCOCC1.C=CC(=O)N1CCOCC1C(C)C.C=CC(=O)N1CCOCC1Cc1ccccc1.C=CC(=O)N1CCSCC1. The van der Waals surface area contributed by atoms with Gasteiger partial charge in [0.05, 0.1) is 64.9 Å². The average molecular weight is 1040 g/mol. The summed E-state index contributed by atoms with van der Waals surface area (Å²) in [5.74, 6) is 4.96. The largest absolute Gasteiger partial charge is 0.378 e. The van der Waals surface area contributed by atoms with Gasteiger partial charge in [-0.15, -0.1) is 0 Å². The van der Waals surface area contributed by atoms with Gasteiger partial charge in [-0.1, -0.05) is 83.7 Å². The van der Waals surface area contributed by atoms with Crippen LogP contribution < -0.4 is 0 Å². The molecular weight excluding hydrogens is 957 g/mol. The first kappa shape index (κ1) is 63.1. The molecule has 0 spiro atoms. The topological polar surface area (TPSA) is 159 Å². The minimum absolute atomic E-state index is 0.00306. The molecule has 0 aromatic heterocycles. The summed E-state index contributed by atoms with van der Waals surface area (Å²) < 4.78 is 21.0. The van der Waals surface area contributed by atoms with Crippen molar-refractivity contribution in [3.63, 3.8) is 0 Å². The highest BCUT2D eigenvalue weighted by molar-refractivity contribution is 7.99. The van der Waals surface area contributed by atoms with Crippen LogP contribution >= 0.6 is 23.5 Å². The van der Waals surface area contributed by atoms with E-state index in [9.17, 15) is 28.8 Å². The Bertz CT molecular complexity index is 1820. The molecule has 6 heterocycles. The molecule has 7 rings (SSSR count). The molecule has 400 valence electrons. The van der Waals surface area contributed by atoms with Crippen LogP contribution in [0.5, 0.6) is 0 Å². The van der Waals surface area contributed by atoms with Crippen molar-refractivity contribution in [3.05, 3.63) is 111 Å². The fraction of sp³-hybridized carbons (Fsp3) is 0.556. The van der Waals surface area contributed by atoms with Gasteiger partial charge in [-0.2, -0.15) is 23.5 Å². The number of carbonyl (C=O) groups excluding carboxylic acids is 6. The predicted octanol–water partition coefficient (Wildman–Crippen LogP) is 5.04. The maximum atomic E-state index is 11.7. The summed E-state index contributed by atoms with van der Waals surface area (Å²) in [5.41, 5.74) is 2.48. The minimum atomic E-state index is -0.00534. The summed E-state index contributed by atoms with van der Waals surface area (Å²) in [6.07, 6.45) is 6.31. The zero-order valence-electron chi connectivity index (χ0n) is 43.5. The van der Waals surface area contributed by atoms with E-state index in [0.29, 0.717) is 109 Å². The van der Waals surface area contributed by atoms with Crippen molar-refractivity contribution in [2.24, 2.45) is 5.92 Å². The molecule has 0 N–H and O–H groups in total. The Morgan fingerprint density at radius 2 is 0.903 bits per heavy atom. The number of morpholine rings is 4. The lowest BCUT2D eigenvalue weighted by Gasteiger charge is -2.37. The summed E-state index contributed by atoms with van der Waals surface area (Å²) in [6.45, 7) is 41.6. The van der Waals surface area contributed by atoms with Gasteiger partial charge in [0, 0.05) is 99.6 Å². The molecule has 0 radical (unpaired) electrons. The van der Waals surface area contributed by atoms with E-state index in [1.54, 1.807) is 23.6 Å². The molecule has 18 heteroatoms. The third kappa shape index (κ3) is 24.2. The number of hydrogen-bond donors (Lipinski definition) is 0. The molecular formula is C54H82N6O10S2. The van der Waals surface area contributed by atoms with E-state index in [4.69, 9.17) is 18.9 Å². The molecule has 6 fully saturated rings. The van der Waals surface area contributed by atoms with E-state index in [-0.39, 0.29) is 47.5 Å². The number of nitrogens with zero attached hydrogens (tertiary/aromatic N) is 6. The van der Waals surface area contributed by atoms with E-state index in [1.165, 1.54) is 29.9 Å². The van der Waals surface area contributed by atoms with Crippen molar-refractivity contribution >= 4 is 59.0 Å². The van der Waals surface area contributed by atoms with Crippen LogP contribution in [0.2, 0.25) is 0 Å². The van der Waals surface area contributed by atoms with Crippen molar-refractivity contribution in [1.29, 1.82) is 0 Å². The fourth-order valence-electron chi connectivity index (χ4n) is 7.58. The lowest BCUT2D eigenvalue weighted by molar-refractivity contribution is -0.136. The molecule has 6 saturated heterocycles. The van der Waals surface area contributed by atoms with Crippen LogP contribution in [0.15, 0.2) is 105 Å². The van der Waals surface area contributed by atoms with Crippen LogP contribution in [0.4, 0.5) is 0 Å². The number of thioether (sulfide) groups is 2. The number of carbonyl (C=O) groups is 6. The maximum absolute atomic E-state index is 11.7. The van der Waals surface area contributed by atoms with Crippen molar-refractivity contribution in [1.82, 2.24) is 29.4 Å². The highest BCUT2D eigenvalue weighted by atomic mass is 32.2. The van der Waals surface area contributed by atoms with Gasteiger partial charge in [0.2, 0.25) is 35.4 Å². The molecule has 6 aliphatic rings. The smallest absolute Gasteiger partial charge is 0.249 e. The van der Waals surface area contributed by atoms with Gasteiger partial charge in [0.1, 0.15) is 0 Å². The number of benzene rings is 1. The Hall–Kier alpha value is -4.98. The Balaban J connectivity index is 0.000000300. The summed E-state index contributed by atoms with van der Waals surface area (Å²) in [4.78, 5) is 78.5. The van der Waals surface area contributed by atoms with Gasteiger partial charge < -0.3 is 48.3 Å². The Labute approximate surface area is 438 Å². The zero-order valence-corrected chi connectivity index (χ0v) is 45.1. The first-order valence-electron chi connectivity index (χ1n) is 24.7. The number of ether oxygens (including phenoxy) is 4. The Morgan fingerprint density at radius 1 is 0.528 bits per heavy atom. The first-order valence-corrected chi connectivity index (χ1v) is 27.0. The van der Waals surface area contributed by atoms with Crippen LogP contribution in [-0.4, -0.2) is 218 Å². The van der Waals surface area contributed by atoms with Crippen molar-refractivity contribution in [3.8, 4) is 0 Å². The van der Waals surface area contributed by atoms with Gasteiger partial charge in [-0.05, 0) is 56.1 Å². The third-order valence-electron chi connectivity index (χ3n) is 11.7. The zero-order chi connectivity index (χ0) is 53.3. The normalized spacial score (nSPS) is 19.6. The highest BCUT2D eigenvalue weighted by Crippen LogP contribution is 2.17.